The van der Waals surface area contributed by atoms with E-state index in [2.05, 4.69) is 9.59 Å². The molecule has 11 nitrogen and oxygen atoms in total. The molecule has 2 aliphatic heterocycles. The predicted molar refractivity (Wildman–Crippen MR) is 112 cm³/mol. The van der Waals surface area contributed by atoms with E-state index in [-0.39, 0.29) is 23.9 Å². The van der Waals surface area contributed by atoms with Gasteiger partial charge in [-0.2, -0.15) is 0 Å². The van der Waals surface area contributed by atoms with E-state index in [9.17, 15) is 24.5 Å². The molecule has 0 bridgehead atoms. The summed E-state index contributed by atoms with van der Waals surface area (Å²) in [5.74, 6) is -2.27. The van der Waals surface area contributed by atoms with Gasteiger partial charge in [-0.05, 0) is 36.2 Å². The number of non-ortho nitro benzene ring substituents is 1. The van der Waals surface area contributed by atoms with Gasteiger partial charge in [0.25, 0.3) is 5.69 Å². The first kappa shape index (κ1) is 21.9. The minimum atomic E-state index is -0.836. The highest BCUT2D eigenvalue weighted by atomic mass is 32.2. The summed E-state index contributed by atoms with van der Waals surface area (Å²) in [7, 11) is 0. The Morgan fingerprint density at radius 3 is 2.62 bits per heavy atom. The molecule has 1 aromatic heterocycles. The molecule has 2 unspecified atom stereocenters. The smallest absolute Gasteiger partial charge is 0.355 e. The molecule has 1 amide bonds. The van der Waals surface area contributed by atoms with E-state index < -0.39 is 34.3 Å². The number of hydrogen-bond acceptors (Lipinski definition) is 11. The highest BCUT2D eigenvalue weighted by molar-refractivity contribution is 8.03. The van der Waals surface area contributed by atoms with Crippen LogP contribution in [0.2, 0.25) is 0 Å². The Hall–Kier alpha value is -3.32. The number of benzene rings is 1. The molecule has 3 atom stereocenters. The summed E-state index contributed by atoms with van der Waals surface area (Å²) in [5.41, 5.74) is 1.18. The van der Waals surface area contributed by atoms with Gasteiger partial charge in [-0.25, -0.2) is 4.79 Å². The fourth-order valence-corrected chi connectivity index (χ4v) is 5.38. The van der Waals surface area contributed by atoms with Crippen LogP contribution in [-0.2, 0) is 30.5 Å². The second kappa shape index (κ2) is 8.67. The third-order valence-electron chi connectivity index (χ3n) is 4.95. The molecule has 1 fully saturated rings. The van der Waals surface area contributed by atoms with E-state index in [4.69, 9.17) is 9.47 Å². The lowest BCUT2D eigenvalue weighted by Crippen LogP contribution is -2.59. The number of esters is 2. The zero-order valence-electron chi connectivity index (χ0n) is 16.8. The van der Waals surface area contributed by atoms with Gasteiger partial charge in [0.2, 0.25) is 5.91 Å². The maximum Gasteiger partial charge on any atom is 0.355 e. The molecule has 2 aromatic rings. The minimum absolute atomic E-state index is 0.0660. The van der Waals surface area contributed by atoms with Gasteiger partial charge in [-0.1, -0.05) is 4.49 Å². The molecule has 0 radical (unpaired) electrons. The molecule has 2 aliphatic rings. The molecular formula is C19H16N4O7S2. The maximum absolute atomic E-state index is 12.9. The number of fused-ring (bicyclic) bond motifs is 1. The number of β-lactam (4-membered cyclic amide) rings is 1. The molecule has 0 N–H and O–H groups in total. The van der Waals surface area contributed by atoms with Crippen molar-refractivity contribution in [3.8, 4) is 0 Å². The van der Waals surface area contributed by atoms with Crippen LogP contribution in [0.25, 0.3) is 0 Å². The van der Waals surface area contributed by atoms with Crippen molar-refractivity contribution in [2.75, 3.05) is 0 Å². The summed E-state index contributed by atoms with van der Waals surface area (Å²) in [6.45, 7) is 2.88. The molecule has 0 aliphatic carbocycles. The Labute approximate surface area is 189 Å². The molecule has 166 valence electrons. The summed E-state index contributed by atoms with van der Waals surface area (Å²) >= 11 is 2.33. The number of carbonyl (C=O) groups excluding carboxylic acids is 3. The maximum atomic E-state index is 12.9. The first-order valence-electron chi connectivity index (χ1n) is 9.33. The fourth-order valence-electron chi connectivity index (χ4n) is 3.41. The van der Waals surface area contributed by atoms with Gasteiger partial charge in [-0.3, -0.25) is 24.6 Å². The number of aryl methyl sites for hydroxylation is 1. The van der Waals surface area contributed by atoms with Crippen LogP contribution < -0.4 is 0 Å². The highest BCUT2D eigenvalue weighted by Gasteiger charge is 2.58. The van der Waals surface area contributed by atoms with Crippen LogP contribution in [0.4, 0.5) is 5.69 Å². The SMILES string of the molecule is CC(=O)OC(c1snnc1C)C1C(=O)N2C(C(=O)OCc3ccc([N+](=O)[O-])cc3)=CS[C@H]12. The van der Waals surface area contributed by atoms with Crippen molar-refractivity contribution in [1.29, 1.82) is 0 Å². The lowest BCUT2D eigenvalue weighted by Gasteiger charge is -2.45. The van der Waals surface area contributed by atoms with E-state index in [0.29, 0.717) is 16.1 Å². The van der Waals surface area contributed by atoms with E-state index >= 15 is 0 Å². The molecule has 13 heteroatoms. The summed E-state index contributed by atoms with van der Waals surface area (Å²) in [4.78, 5) is 49.3. The number of ether oxygens (including phenoxy) is 2. The third-order valence-corrected chi connectivity index (χ3v) is 6.98. The second-order valence-electron chi connectivity index (χ2n) is 7.02. The first-order chi connectivity index (χ1) is 15.3. The first-order valence-corrected chi connectivity index (χ1v) is 11.0. The molecule has 32 heavy (non-hydrogen) atoms. The number of nitrogens with zero attached hydrogens (tertiary/aromatic N) is 4. The van der Waals surface area contributed by atoms with Crippen molar-refractivity contribution in [1.82, 2.24) is 14.5 Å². The largest absolute Gasteiger partial charge is 0.456 e. The summed E-state index contributed by atoms with van der Waals surface area (Å²) in [6, 6.07) is 5.62. The molecule has 4 rings (SSSR count). The van der Waals surface area contributed by atoms with Crippen molar-refractivity contribution in [3.05, 3.63) is 61.6 Å². The van der Waals surface area contributed by atoms with Crippen molar-refractivity contribution < 1.29 is 28.8 Å². The number of nitro benzene ring substituents is 1. The Morgan fingerprint density at radius 1 is 1.31 bits per heavy atom. The van der Waals surface area contributed by atoms with Gasteiger partial charge < -0.3 is 9.47 Å². The minimum Gasteiger partial charge on any atom is -0.456 e. The summed E-state index contributed by atoms with van der Waals surface area (Å²) in [5, 5.41) is 15.8. The Morgan fingerprint density at radius 2 is 2.03 bits per heavy atom. The number of rotatable bonds is 7. The van der Waals surface area contributed by atoms with Gasteiger partial charge in [0.05, 0.1) is 15.5 Å². The van der Waals surface area contributed by atoms with Crippen molar-refractivity contribution in [2.24, 2.45) is 5.92 Å². The normalized spacial score (nSPS) is 20.1. The Bertz CT molecular complexity index is 1130. The molecular weight excluding hydrogens is 460 g/mol. The quantitative estimate of drug-likeness (QED) is 0.253. The van der Waals surface area contributed by atoms with Gasteiger partial charge >= 0.3 is 11.9 Å². The summed E-state index contributed by atoms with van der Waals surface area (Å²) < 4.78 is 14.6. The molecule has 1 aromatic carbocycles. The Kier molecular flexibility index (Phi) is 5.93. The fraction of sp³-hybridized carbons (Fsp3) is 0.316. The molecule has 3 heterocycles. The predicted octanol–water partition coefficient (Wildman–Crippen LogP) is 2.48. The van der Waals surface area contributed by atoms with Gasteiger partial charge in [0.15, 0.2) is 6.10 Å². The number of hydrogen-bond donors (Lipinski definition) is 0. The number of carbonyl (C=O) groups is 3. The van der Waals surface area contributed by atoms with Crippen LogP contribution >= 0.6 is 23.3 Å². The monoisotopic (exact) mass is 476 g/mol. The summed E-state index contributed by atoms with van der Waals surface area (Å²) in [6.07, 6.45) is -0.836. The zero-order valence-corrected chi connectivity index (χ0v) is 18.4. The van der Waals surface area contributed by atoms with Crippen molar-refractivity contribution >= 4 is 46.8 Å². The number of nitro groups is 1. The van der Waals surface area contributed by atoms with Crippen LogP contribution in [0.5, 0.6) is 0 Å². The number of thioether (sulfide) groups is 1. The van der Waals surface area contributed by atoms with Crippen LogP contribution in [-0.4, -0.2) is 42.6 Å². The van der Waals surface area contributed by atoms with Crippen LogP contribution in [0.3, 0.4) is 0 Å². The van der Waals surface area contributed by atoms with Gasteiger partial charge in [0, 0.05) is 24.5 Å². The van der Waals surface area contributed by atoms with E-state index in [1.807, 2.05) is 0 Å². The third kappa shape index (κ3) is 3.96. The van der Waals surface area contributed by atoms with Crippen LogP contribution in [0.1, 0.15) is 29.2 Å². The lowest BCUT2D eigenvalue weighted by molar-refractivity contribution is -0.384. The van der Waals surface area contributed by atoms with Crippen molar-refractivity contribution in [2.45, 2.75) is 31.9 Å². The average molecular weight is 476 g/mol. The average Bonchev–Trinajstić information content (AvgIpc) is 3.35. The Balaban J connectivity index is 1.42. The molecule has 0 saturated carbocycles. The topological polar surface area (TPSA) is 142 Å². The number of aromatic nitrogens is 2. The van der Waals surface area contributed by atoms with E-state index in [1.165, 1.54) is 47.9 Å². The standard InChI is InChI=1S/C19H16N4O7S2/c1-9-16(32-21-20-9)15(30-10(2)24)14-17(25)22-13(8-31-18(14)22)19(26)29-7-11-3-5-12(6-4-11)23(27)28/h3-6,8,14-15,18H,7H2,1-2H3/t14?,15?,18-/m1/s1. The highest BCUT2D eigenvalue weighted by Crippen LogP contribution is 2.51. The van der Waals surface area contributed by atoms with Crippen LogP contribution in [0.15, 0.2) is 35.4 Å². The lowest BCUT2D eigenvalue weighted by atomic mass is 9.89. The molecule has 0 spiro atoms. The number of amides is 1. The molecule has 1 saturated heterocycles. The van der Waals surface area contributed by atoms with Crippen molar-refractivity contribution in [3.63, 3.8) is 0 Å². The zero-order chi connectivity index (χ0) is 23.0. The van der Waals surface area contributed by atoms with Gasteiger partial charge in [0.1, 0.15) is 23.6 Å². The van der Waals surface area contributed by atoms with Gasteiger partial charge in [-0.15, -0.1) is 16.9 Å². The van der Waals surface area contributed by atoms with Crippen LogP contribution in [0, 0.1) is 23.0 Å². The van der Waals surface area contributed by atoms with E-state index in [0.717, 1.165) is 11.5 Å². The second-order valence-corrected chi connectivity index (χ2v) is 8.79. The van der Waals surface area contributed by atoms with E-state index in [1.54, 1.807) is 12.3 Å².